The second kappa shape index (κ2) is 7.63. The van der Waals surface area contributed by atoms with Gasteiger partial charge in [0.2, 0.25) is 0 Å². The first-order chi connectivity index (χ1) is 10.8. The number of urea groups is 1. The van der Waals surface area contributed by atoms with Crippen molar-refractivity contribution in [2.24, 2.45) is 0 Å². The molecule has 22 heavy (non-hydrogen) atoms. The van der Waals surface area contributed by atoms with Gasteiger partial charge in [-0.3, -0.25) is 4.90 Å². The molecule has 1 aromatic rings. The van der Waals surface area contributed by atoms with Gasteiger partial charge in [0.1, 0.15) is 0 Å². The molecule has 1 saturated carbocycles. The number of amides is 2. The van der Waals surface area contributed by atoms with Crippen LogP contribution < -0.4 is 5.32 Å². The lowest BCUT2D eigenvalue weighted by molar-refractivity contribution is 0.0907. The van der Waals surface area contributed by atoms with Crippen LogP contribution in [0.25, 0.3) is 0 Å². The highest BCUT2D eigenvalue weighted by Crippen LogP contribution is 2.23. The zero-order chi connectivity index (χ0) is 15.2. The maximum Gasteiger partial charge on any atom is 0.317 e. The van der Waals surface area contributed by atoms with E-state index in [1.165, 1.54) is 32.1 Å². The largest absolute Gasteiger partial charge is 0.348 e. The lowest BCUT2D eigenvalue weighted by Crippen LogP contribution is -2.54. The summed E-state index contributed by atoms with van der Waals surface area (Å²) in [5, 5.41) is 3.01. The van der Waals surface area contributed by atoms with Crippen LogP contribution in [-0.4, -0.2) is 64.6 Å². The normalized spacial score (nSPS) is 21.0. The molecule has 1 saturated heterocycles. The van der Waals surface area contributed by atoms with E-state index in [-0.39, 0.29) is 6.03 Å². The van der Waals surface area contributed by atoms with Gasteiger partial charge in [0.25, 0.3) is 0 Å². The minimum atomic E-state index is 0.0720. The van der Waals surface area contributed by atoms with Gasteiger partial charge < -0.3 is 15.2 Å². The fourth-order valence-electron chi connectivity index (χ4n) is 3.57. The number of nitrogens with zero attached hydrogens (tertiary/aromatic N) is 3. The van der Waals surface area contributed by atoms with Crippen LogP contribution in [0.2, 0.25) is 0 Å². The summed E-state index contributed by atoms with van der Waals surface area (Å²) >= 11 is 0. The van der Waals surface area contributed by atoms with Crippen molar-refractivity contribution < 1.29 is 4.79 Å². The Morgan fingerprint density at radius 1 is 1.23 bits per heavy atom. The van der Waals surface area contributed by atoms with Crippen molar-refractivity contribution in [1.29, 1.82) is 0 Å². The van der Waals surface area contributed by atoms with Crippen LogP contribution in [0.1, 0.15) is 37.8 Å². The zero-order valence-corrected chi connectivity index (χ0v) is 13.3. The summed E-state index contributed by atoms with van der Waals surface area (Å²) in [7, 11) is 0. The van der Waals surface area contributed by atoms with Gasteiger partial charge in [0.05, 0.1) is 6.33 Å². The third kappa shape index (κ3) is 4.00. The fraction of sp³-hybridized carbons (Fsp3) is 0.750. The first-order valence-corrected chi connectivity index (χ1v) is 8.57. The molecule has 1 aliphatic heterocycles. The van der Waals surface area contributed by atoms with E-state index in [9.17, 15) is 4.79 Å². The molecular weight excluding hydrogens is 278 g/mol. The van der Waals surface area contributed by atoms with Crippen LogP contribution >= 0.6 is 0 Å². The Hall–Kier alpha value is -1.56. The molecule has 2 aliphatic rings. The second-order valence-corrected chi connectivity index (χ2v) is 6.37. The molecule has 6 nitrogen and oxygen atoms in total. The van der Waals surface area contributed by atoms with Gasteiger partial charge in [-0.05, 0) is 12.8 Å². The van der Waals surface area contributed by atoms with Gasteiger partial charge in [-0.1, -0.05) is 19.3 Å². The molecule has 0 atom stereocenters. The van der Waals surface area contributed by atoms with E-state index in [0.717, 1.165) is 44.3 Å². The van der Waals surface area contributed by atoms with Crippen molar-refractivity contribution in [3.8, 4) is 0 Å². The summed E-state index contributed by atoms with van der Waals surface area (Å²) in [6, 6.07) is 0.835. The zero-order valence-electron chi connectivity index (χ0n) is 13.3. The number of aromatic amines is 1. The van der Waals surface area contributed by atoms with E-state index >= 15 is 0 Å². The Morgan fingerprint density at radius 3 is 2.68 bits per heavy atom. The molecule has 0 bridgehead atoms. The number of piperazine rings is 1. The SMILES string of the molecule is O=C(NCCc1cnc[nH]1)N1CCN(C2CCCCC2)CC1. The first-order valence-electron chi connectivity index (χ1n) is 8.57. The second-order valence-electron chi connectivity index (χ2n) is 6.37. The molecule has 0 aromatic carbocycles. The maximum atomic E-state index is 12.2. The van der Waals surface area contributed by atoms with Gasteiger partial charge in [0.15, 0.2) is 0 Å². The van der Waals surface area contributed by atoms with Crippen LogP contribution in [0.5, 0.6) is 0 Å². The predicted molar refractivity (Wildman–Crippen MR) is 85.7 cm³/mol. The summed E-state index contributed by atoms with van der Waals surface area (Å²) in [4.78, 5) is 23.7. The lowest BCUT2D eigenvalue weighted by Gasteiger charge is -2.40. The number of imidazole rings is 1. The monoisotopic (exact) mass is 305 g/mol. The molecule has 0 unspecified atom stereocenters. The van der Waals surface area contributed by atoms with Crippen LogP contribution in [0.4, 0.5) is 4.79 Å². The number of hydrogen-bond donors (Lipinski definition) is 2. The van der Waals surface area contributed by atoms with Crippen molar-refractivity contribution in [2.75, 3.05) is 32.7 Å². The van der Waals surface area contributed by atoms with Crippen LogP contribution in [0.15, 0.2) is 12.5 Å². The van der Waals surface area contributed by atoms with Gasteiger partial charge >= 0.3 is 6.03 Å². The summed E-state index contributed by atoms with van der Waals surface area (Å²) in [5.74, 6) is 0. The lowest BCUT2D eigenvalue weighted by atomic mass is 9.94. The molecular formula is C16H27N5O. The number of nitrogens with one attached hydrogen (secondary N) is 2. The highest BCUT2D eigenvalue weighted by atomic mass is 16.2. The minimum Gasteiger partial charge on any atom is -0.348 e. The molecule has 2 N–H and O–H groups in total. The Balaban J connectivity index is 1.36. The molecule has 0 spiro atoms. The summed E-state index contributed by atoms with van der Waals surface area (Å²) in [5.41, 5.74) is 1.06. The number of hydrogen-bond acceptors (Lipinski definition) is 3. The highest BCUT2D eigenvalue weighted by Gasteiger charge is 2.26. The maximum absolute atomic E-state index is 12.2. The van der Waals surface area contributed by atoms with Crippen LogP contribution in [0, 0.1) is 0 Å². The van der Waals surface area contributed by atoms with E-state index in [1.54, 1.807) is 12.5 Å². The van der Waals surface area contributed by atoms with Crippen molar-refractivity contribution in [2.45, 2.75) is 44.6 Å². The van der Waals surface area contributed by atoms with Crippen molar-refractivity contribution in [3.63, 3.8) is 0 Å². The number of carbonyl (C=O) groups excluding carboxylic acids is 1. The molecule has 6 heteroatoms. The predicted octanol–water partition coefficient (Wildman–Crippen LogP) is 1.61. The van der Waals surface area contributed by atoms with Crippen LogP contribution in [0.3, 0.4) is 0 Å². The van der Waals surface area contributed by atoms with E-state index in [4.69, 9.17) is 0 Å². The van der Waals surface area contributed by atoms with Crippen LogP contribution in [-0.2, 0) is 6.42 Å². The first kappa shape index (κ1) is 15.3. The summed E-state index contributed by atoms with van der Waals surface area (Å²) in [6.45, 7) is 4.42. The van der Waals surface area contributed by atoms with Gasteiger partial charge in [-0.25, -0.2) is 9.78 Å². The van der Waals surface area contributed by atoms with Gasteiger partial charge in [-0.2, -0.15) is 0 Å². The van der Waals surface area contributed by atoms with Gasteiger partial charge in [-0.15, -0.1) is 0 Å². The number of H-pyrrole nitrogens is 1. The van der Waals surface area contributed by atoms with Crippen molar-refractivity contribution in [1.82, 2.24) is 25.1 Å². The Bertz CT molecular complexity index is 447. The number of rotatable bonds is 4. The standard InChI is InChI=1S/C16H27N5O/c22-16(18-7-6-14-12-17-13-19-14)21-10-8-20(9-11-21)15-4-2-1-3-5-15/h12-13,15H,1-11H2,(H,17,19)(H,18,22). The molecule has 1 aliphatic carbocycles. The Morgan fingerprint density at radius 2 is 2.00 bits per heavy atom. The van der Waals surface area contributed by atoms with Crippen molar-refractivity contribution >= 4 is 6.03 Å². The topological polar surface area (TPSA) is 64.3 Å². The van der Waals surface area contributed by atoms with E-state index in [0.29, 0.717) is 6.54 Å². The van der Waals surface area contributed by atoms with E-state index in [1.807, 2.05) is 4.90 Å². The average Bonchev–Trinajstić information content (AvgIpc) is 3.09. The van der Waals surface area contributed by atoms with Crippen molar-refractivity contribution in [3.05, 3.63) is 18.2 Å². The molecule has 122 valence electrons. The average molecular weight is 305 g/mol. The Kier molecular flexibility index (Phi) is 5.32. The van der Waals surface area contributed by atoms with Gasteiger partial charge in [0, 0.05) is 57.1 Å². The number of carbonyl (C=O) groups is 1. The molecule has 3 rings (SSSR count). The van der Waals surface area contributed by atoms with E-state index in [2.05, 4.69) is 20.2 Å². The molecule has 2 fully saturated rings. The highest BCUT2D eigenvalue weighted by molar-refractivity contribution is 5.74. The fourth-order valence-corrected chi connectivity index (χ4v) is 3.57. The smallest absolute Gasteiger partial charge is 0.317 e. The molecule has 2 amide bonds. The third-order valence-corrected chi connectivity index (χ3v) is 4.92. The number of aromatic nitrogens is 2. The molecule has 1 aromatic heterocycles. The summed E-state index contributed by atoms with van der Waals surface area (Å²) in [6.07, 6.45) is 11.1. The Labute approximate surface area is 132 Å². The minimum absolute atomic E-state index is 0.0720. The quantitative estimate of drug-likeness (QED) is 0.888. The third-order valence-electron chi connectivity index (χ3n) is 4.92. The summed E-state index contributed by atoms with van der Waals surface area (Å²) < 4.78 is 0. The van der Waals surface area contributed by atoms with E-state index < -0.39 is 0 Å². The molecule has 2 heterocycles. The molecule has 0 radical (unpaired) electrons.